The summed E-state index contributed by atoms with van der Waals surface area (Å²) in [7, 11) is 0. The molecule has 18 heavy (non-hydrogen) atoms. The van der Waals surface area contributed by atoms with Crippen LogP contribution in [-0.4, -0.2) is 28.9 Å². The van der Waals surface area contributed by atoms with E-state index < -0.39 is 40.1 Å². The molecule has 0 amide bonds. The monoisotopic (exact) mass is 261 g/mol. The Kier molecular flexibility index (Phi) is 3.87. The van der Waals surface area contributed by atoms with Gasteiger partial charge >= 0.3 is 12.6 Å². The molecule has 0 aromatic heterocycles. The predicted molar refractivity (Wildman–Crippen MR) is 52.1 cm³/mol. The number of aromatic carboxylic acids is 1. The van der Waals surface area contributed by atoms with Gasteiger partial charge in [-0.1, -0.05) is 0 Å². The molecule has 9 heteroatoms. The summed E-state index contributed by atoms with van der Waals surface area (Å²) in [5.74, 6) is -2.68. The molecule has 0 aliphatic heterocycles. The molecular weight excluding hydrogens is 256 g/mol. The van der Waals surface area contributed by atoms with Crippen LogP contribution in [-0.2, 0) is 0 Å². The lowest BCUT2D eigenvalue weighted by Crippen LogP contribution is -2.11. The smallest absolute Gasteiger partial charge is 0.387 e. The molecule has 1 aromatic carbocycles. The van der Waals surface area contributed by atoms with Crippen molar-refractivity contribution < 1.29 is 33.1 Å². The van der Waals surface area contributed by atoms with Gasteiger partial charge in [-0.3, -0.25) is 14.9 Å². The van der Waals surface area contributed by atoms with E-state index in [9.17, 15) is 28.5 Å². The van der Waals surface area contributed by atoms with E-state index in [4.69, 9.17) is 5.11 Å². The Balaban J connectivity index is 3.55. The van der Waals surface area contributed by atoms with Crippen LogP contribution in [0.25, 0.3) is 0 Å². The van der Waals surface area contributed by atoms with Crippen molar-refractivity contribution in [2.24, 2.45) is 0 Å². The molecule has 0 aliphatic rings. The van der Waals surface area contributed by atoms with Gasteiger partial charge in [0.25, 0.3) is 5.69 Å². The Morgan fingerprint density at radius 3 is 2.50 bits per heavy atom. The molecule has 0 saturated carbocycles. The van der Waals surface area contributed by atoms with Crippen LogP contribution in [0, 0.1) is 10.1 Å². The number of rotatable bonds is 5. The summed E-state index contributed by atoms with van der Waals surface area (Å²) in [4.78, 5) is 31.0. The number of carbonyl (C=O) groups is 2. The fraction of sp³-hybridized carbons (Fsp3) is 0.111. The Hall–Kier alpha value is -2.58. The molecule has 1 N–H and O–H groups in total. The second-order valence-corrected chi connectivity index (χ2v) is 2.93. The summed E-state index contributed by atoms with van der Waals surface area (Å²) in [6.07, 6.45) is -0.109. The highest BCUT2D eigenvalue weighted by Gasteiger charge is 2.26. The van der Waals surface area contributed by atoms with Crippen LogP contribution in [0.2, 0.25) is 0 Å². The van der Waals surface area contributed by atoms with Crippen LogP contribution < -0.4 is 4.74 Å². The molecule has 0 fully saturated rings. The standard InChI is InChI=1S/C9H5F2NO6/c10-9(11)18-7-4(8(14)15)1-2-6(12(16)17)5(7)3-13/h1-3,9H,(H,14,15). The average molecular weight is 261 g/mol. The van der Waals surface area contributed by atoms with Gasteiger partial charge in [-0.2, -0.15) is 8.78 Å². The molecule has 7 nitrogen and oxygen atoms in total. The molecule has 0 saturated heterocycles. The molecule has 1 rings (SSSR count). The number of carboxylic acid groups (broad SMARTS) is 1. The molecule has 1 aromatic rings. The van der Waals surface area contributed by atoms with E-state index >= 15 is 0 Å². The van der Waals surface area contributed by atoms with Crippen molar-refractivity contribution in [3.8, 4) is 5.75 Å². The number of hydrogen-bond donors (Lipinski definition) is 1. The van der Waals surface area contributed by atoms with Gasteiger partial charge in [0.05, 0.1) is 4.92 Å². The van der Waals surface area contributed by atoms with Crippen LogP contribution in [0.1, 0.15) is 20.7 Å². The minimum absolute atomic E-state index is 0.109. The maximum Gasteiger partial charge on any atom is 0.387 e. The number of nitrogens with zero attached hydrogens (tertiary/aromatic N) is 1. The average Bonchev–Trinajstić information content (AvgIpc) is 2.26. The van der Waals surface area contributed by atoms with Crippen LogP contribution >= 0.6 is 0 Å². The van der Waals surface area contributed by atoms with Crippen molar-refractivity contribution in [3.63, 3.8) is 0 Å². The summed E-state index contributed by atoms with van der Waals surface area (Å²) in [5, 5.41) is 19.3. The number of nitro groups is 1. The topological polar surface area (TPSA) is 107 Å². The number of halogens is 2. The summed E-state index contributed by atoms with van der Waals surface area (Å²) < 4.78 is 28.1. The van der Waals surface area contributed by atoms with E-state index in [2.05, 4.69) is 4.74 Å². The molecule has 0 aliphatic carbocycles. The molecule has 0 atom stereocenters. The van der Waals surface area contributed by atoms with E-state index in [0.29, 0.717) is 6.07 Å². The minimum Gasteiger partial charge on any atom is -0.478 e. The third-order valence-corrected chi connectivity index (χ3v) is 1.92. The van der Waals surface area contributed by atoms with Gasteiger partial charge in [-0.15, -0.1) is 0 Å². The van der Waals surface area contributed by atoms with E-state index in [1.807, 2.05) is 0 Å². The Morgan fingerprint density at radius 1 is 1.50 bits per heavy atom. The predicted octanol–water partition coefficient (Wildman–Crippen LogP) is 1.71. The molecule has 0 bridgehead atoms. The molecule has 0 unspecified atom stereocenters. The zero-order valence-corrected chi connectivity index (χ0v) is 8.50. The summed E-state index contributed by atoms with van der Waals surface area (Å²) >= 11 is 0. The first-order chi connectivity index (χ1) is 8.38. The number of aldehydes is 1. The number of carbonyl (C=O) groups excluding carboxylic acids is 1. The van der Waals surface area contributed by atoms with Crippen molar-refractivity contribution in [1.29, 1.82) is 0 Å². The number of alkyl halides is 2. The quantitative estimate of drug-likeness (QED) is 0.491. The van der Waals surface area contributed by atoms with E-state index in [1.54, 1.807) is 0 Å². The third-order valence-electron chi connectivity index (χ3n) is 1.92. The van der Waals surface area contributed by atoms with Crippen molar-refractivity contribution in [2.75, 3.05) is 0 Å². The number of carboxylic acids is 1. The fourth-order valence-corrected chi connectivity index (χ4v) is 1.25. The van der Waals surface area contributed by atoms with Crippen LogP contribution in [0.5, 0.6) is 5.75 Å². The minimum atomic E-state index is -3.41. The highest BCUT2D eigenvalue weighted by atomic mass is 19.3. The van der Waals surface area contributed by atoms with Crippen molar-refractivity contribution >= 4 is 17.9 Å². The van der Waals surface area contributed by atoms with Gasteiger partial charge in [-0.25, -0.2) is 4.79 Å². The SMILES string of the molecule is O=Cc1c([N+](=O)[O-])ccc(C(=O)O)c1OC(F)F. The maximum absolute atomic E-state index is 12.1. The first-order valence-electron chi connectivity index (χ1n) is 4.33. The highest BCUT2D eigenvalue weighted by Crippen LogP contribution is 2.32. The summed E-state index contributed by atoms with van der Waals surface area (Å²) in [6, 6.07) is 1.44. The second-order valence-electron chi connectivity index (χ2n) is 2.93. The van der Waals surface area contributed by atoms with Gasteiger partial charge < -0.3 is 9.84 Å². The highest BCUT2D eigenvalue weighted by molar-refractivity contribution is 5.97. The number of nitro benzene ring substituents is 1. The molecule has 0 spiro atoms. The van der Waals surface area contributed by atoms with Crippen LogP contribution in [0.15, 0.2) is 12.1 Å². The number of hydrogen-bond acceptors (Lipinski definition) is 5. The first-order valence-corrected chi connectivity index (χ1v) is 4.33. The van der Waals surface area contributed by atoms with E-state index in [-0.39, 0.29) is 6.29 Å². The van der Waals surface area contributed by atoms with Gasteiger partial charge in [0, 0.05) is 6.07 Å². The molecular formula is C9H5F2NO6. The van der Waals surface area contributed by atoms with Gasteiger partial charge in [0.2, 0.25) is 0 Å². The van der Waals surface area contributed by atoms with Crippen LogP contribution in [0.3, 0.4) is 0 Å². The van der Waals surface area contributed by atoms with Crippen LogP contribution in [0.4, 0.5) is 14.5 Å². The van der Waals surface area contributed by atoms with Crippen molar-refractivity contribution in [3.05, 3.63) is 33.4 Å². The van der Waals surface area contributed by atoms with Gasteiger partial charge in [0.15, 0.2) is 12.0 Å². The lowest BCUT2D eigenvalue weighted by atomic mass is 10.1. The summed E-state index contributed by atoms with van der Waals surface area (Å²) in [6.45, 7) is -3.41. The van der Waals surface area contributed by atoms with E-state index in [1.165, 1.54) is 0 Å². The lowest BCUT2D eigenvalue weighted by molar-refractivity contribution is -0.385. The molecule has 0 heterocycles. The molecule has 96 valence electrons. The summed E-state index contributed by atoms with van der Waals surface area (Å²) in [5.41, 5.74) is -2.42. The molecule has 0 radical (unpaired) electrons. The van der Waals surface area contributed by atoms with Gasteiger partial charge in [0.1, 0.15) is 11.1 Å². The number of ether oxygens (including phenoxy) is 1. The maximum atomic E-state index is 12.1. The van der Waals surface area contributed by atoms with Crippen molar-refractivity contribution in [1.82, 2.24) is 0 Å². The zero-order valence-electron chi connectivity index (χ0n) is 8.50. The first kappa shape index (κ1) is 13.5. The fourth-order valence-electron chi connectivity index (χ4n) is 1.25. The van der Waals surface area contributed by atoms with Gasteiger partial charge in [-0.05, 0) is 6.07 Å². The Morgan fingerprint density at radius 2 is 2.11 bits per heavy atom. The van der Waals surface area contributed by atoms with Crippen molar-refractivity contribution in [2.45, 2.75) is 6.61 Å². The number of benzene rings is 1. The lowest BCUT2D eigenvalue weighted by Gasteiger charge is -2.10. The zero-order chi connectivity index (χ0) is 13.9. The Bertz CT molecular complexity index is 516. The second kappa shape index (κ2) is 5.17. The third kappa shape index (κ3) is 2.56. The van der Waals surface area contributed by atoms with E-state index in [0.717, 1.165) is 6.07 Å². The Labute approximate surface area is 97.7 Å². The normalized spacial score (nSPS) is 10.2. The largest absolute Gasteiger partial charge is 0.478 e.